The summed E-state index contributed by atoms with van der Waals surface area (Å²) in [6, 6.07) is 3.96. The largest absolute Gasteiger partial charge is 0.286 e. The standard InChI is InChI=1S/C11H11F2N3S/c12-8-5-4-7(6-9(8)13)2-1-3-10-14-11(17)16-15-10/h4-6H,1-3H2,(H2,14,15,16,17). The van der Waals surface area contributed by atoms with Gasteiger partial charge in [-0.3, -0.25) is 10.2 Å². The van der Waals surface area contributed by atoms with Crippen LogP contribution >= 0.6 is 12.2 Å². The molecule has 0 aliphatic carbocycles. The van der Waals surface area contributed by atoms with Gasteiger partial charge in [0.05, 0.1) is 0 Å². The summed E-state index contributed by atoms with van der Waals surface area (Å²) >= 11 is 4.82. The van der Waals surface area contributed by atoms with Crippen LogP contribution < -0.4 is 0 Å². The summed E-state index contributed by atoms with van der Waals surface area (Å²) in [7, 11) is 0. The van der Waals surface area contributed by atoms with Crippen LogP contribution in [0.4, 0.5) is 8.78 Å². The number of aromatic amines is 2. The average molecular weight is 255 g/mol. The number of hydrogen-bond acceptors (Lipinski definition) is 2. The van der Waals surface area contributed by atoms with Crippen molar-refractivity contribution in [2.75, 3.05) is 0 Å². The molecule has 0 amide bonds. The predicted molar refractivity (Wildman–Crippen MR) is 62.2 cm³/mol. The lowest BCUT2D eigenvalue weighted by Gasteiger charge is -2.01. The number of halogens is 2. The Balaban J connectivity index is 1.89. The van der Waals surface area contributed by atoms with Crippen LogP contribution in [0, 0.1) is 16.4 Å². The maximum absolute atomic E-state index is 12.9. The van der Waals surface area contributed by atoms with Gasteiger partial charge < -0.3 is 0 Å². The molecule has 2 rings (SSSR count). The van der Waals surface area contributed by atoms with Crippen molar-refractivity contribution in [3.8, 4) is 0 Å². The monoisotopic (exact) mass is 255 g/mol. The van der Waals surface area contributed by atoms with Gasteiger partial charge in [-0.05, 0) is 42.8 Å². The first-order valence-corrected chi connectivity index (χ1v) is 5.63. The van der Waals surface area contributed by atoms with Crippen molar-refractivity contribution in [3.05, 3.63) is 46.0 Å². The van der Waals surface area contributed by atoms with Crippen molar-refractivity contribution >= 4 is 12.2 Å². The summed E-state index contributed by atoms with van der Waals surface area (Å²) in [6.45, 7) is 0. The molecule has 2 N–H and O–H groups in total. The van der Waals surface area contributed by atoms with Gasteiger partial charge >= 0.3 is 0 Å². The molecule has 0 spiro atoms. The molecule has 0 bridgehead atoms. The first kappa shape index (κ1) is 11.9. The van der Waals surface area contributed by atoms with E-state index in [0.29, 0.717) is 17.6 Å². The van der Waals surface area contributed by atoms with E-state index < -0.39 is 11.6 Å². The molecule has 1 aromatic carbocycles. The van der Waals surface area contributed by atoms with E-state index >= 15 is 0 Å². The van der Waals surface area contributed by atoms with Gasteiger partial charge in [0.15, 0.2) is 11.6 Å². The maximum Gasteiger partial charge on any atom is 0.213 e. The molecule has 6 heteroatoms. The number of H-pyrrole nitrogens is 2. The highest BCUT2D eigenvalue weighted by molar-refractivity contribution is 7.71. The van der Waals surface area contributed by atoms with E-state index in [-0.39, 0.29) is 0 Å². The van der Waals surface area contributed by atoms with E-state index in [0.717, 1.165) is 23.9 Å². The third-order valence-corrected chi connectivity index (χ3v) is 2.61. The van der Waals surface area contributed by atoms with E-state index in [2.05, 4.69) is 15.2 Å². The minimum atomic E-state index is -0.815. The number of aromatic nitrogens is 3. The Kier molecular flexibility index (Phi) is 3.63. The van der Waals surface area contributed by atoms with Crippen LogP contribution in [0.25, 0.3) is 0 Å². The quantitative estimate of drug-likeness (QED) is 0.825. The summed E-state index contributed by atoms with van der Waals surface area (Å²) in [6.07, 6.45) is 2.18. The molecule has 0 saturated heterocycles. The molecule has 1 aromatic heterocycles. The molecule has 0 atom stereocenters. The fourth-order valence-electron chi connectivity index (χ4n) is 1.58. The van der Waals surface area contributed by atoms with Crippen LogP contribution in [0.15, 0.2) is 18.2 Å². The fourth-order valence-corrected chi connectivity index (χ4v) is 1.74. The molecule has 0 radical (unpaired) electrons. The van der Waals surface area contributed by atoms with Crippen molar-refractivity contribution in [2.24, 2.45) is 0 Å². The van der Waals surface area contributed by atoms with E-state index in [1.54, 1.807) is 6.07 Å². The molecule has 90 valence electrons. The molecule has 17 heavy (non-hydrogen) atoms. The Morgan fingerprint density at radius 1 is 1.12 bits per heavy atom. The third-order valence-electron chi connectivity index (χ3n) is 2.41. The van der Waals surface area contributed by atoms with Gasteiger partial charge in [0.1, 0.15) is 5.82 Å². The second kappa shape index (κ2) is 5.18. The lowest BCUT2D eigenvalue weighted by atomic mass is 10.1. The maximum atomic E-state index is 12.9. The van der Waals surface area contributed by atoms with E-state index in [4.69, 9.17) is 12.2 Å². The highest BCUT2D eigenvalue weighted by Crippen LogP contribution is 2.11. The van der Waals surface area contributed by atoms with Gasteiger partial charge in [0.2, 0.25) is 4.77 Å². The van der Waals surface area contributed by atoms with Crippen LogP contribution in [-0.4, -0.2) is 15.2 Å². The molecule has 0 aliphatic heterocycles. The van der Waals surface area contributed by atoms with E-state index in [9.17, 15) is 8.78 Å². The molecular formula is C11H11F2N3S. The smallest absolute Gasteiger partial charge is 0.213 e. The molecular weight excluding hydrogens is 244 g/mol. The van der Waals surface area contributed by atoms with Gasteiger partial charge in [0, 0.05) is 6.42 Å². The zero-order valence-corrected chi connectivity index (χ0v) is 9.78. The lowest BCUT2D eigenvalue weighted by Crippen LogP contribution is -1.94. The predicted octanol–water partition coefficient (Wildman–Crippen LogP) is 2.92. The van der Waals surface area contributed by atoms with Crippen LogP contribution in [-0.2, 0) is 12.8 Å². The summed E-state index contributed by atoms with van der Waals surface area (Å²) in [5.74, 6) is -0.843. The lowest BCUT2D eigenvalue weighted by molar-refractivity contribution is 0.506. The summed E-state index contributed by atoms with van der Waals surface area (Å²) in [5.41, 5.74) is 0.776. The zero-order valence-electron chi connectivity index (χ0n) is 8.96. The van der Waals surface area contributed by atoms with Crippen LogP contribution in [0.3, 0.4) is 0 Å². The Morgan fingerprint density at radius 3 is 2.59 bits per heavy atom. The van der Waals surface area contributed by atoms with Crippen molar-refractivity contribution in [2.45, 2.75) is 19.3 Å². The molecule has 1 heterocycles. The average Bonchev–Trinajstić information content (AvgIpc) is 2.70. The Morgan fingerprint density at radius 2 is 1.94 bits per heavy atom. The van der Waals surface area contributed by atoms with Crippen LogP contribution in [0.2, 0.25) is 0 Å². The van der Waals surface area contributed by atoms with E-state index in [1.807, 2.05) is 0 Å². The third kappa shape index (κ3) is 3.20. The highest BCUT2D eigenvalue weighted by atomic mass is 32.1. The normalized spacial score (nSPS) is 10.7. The minimum Gasteiger partial charge on any atom is -0.286 e. The highest BCUT2D eigenvalue weighted by Gasteiger charge is 2.03. The SMILES string of the molecule is Fc1ccc(CCCc2nc(=S)[nH][nH]2)cc1F. The topological polar surface area (TPSA) is 44.5 Å². The van der Waals surface area contributed by atoms with Gasteiger partial charge in [-0.25, -0.2) is 13.8 Å². The summed E-state index contributed by atoms with van der Waals surface area (Å²) < 4.78 is 26.0. The van der Waals surface area contributed by atoms with Crippen molar-refractivity contribution in [1.82, 2.24) is 15.2 Å². The van der Waals surface area contributed by atoms with Crippen molar-refractivity contribution in [3.63, 3.8) is 0 Å². The number of aryl methyl sites for hydroxylation is 2. The molecule has 3 nitrogen and oxygen atoms in total. The number of rotatable bonds is 4. The first-order valence-electron chi connectivity index (χ1n) is 5.22. The van der Waals surface area contributed by atoms with Gasteiger partial charge in [-0.15, -0.1) is 0 Å². The van der Waals surface area contributed by atoms with Gasteiger partial charge in [-0.2, -0.15) is 0 Å². The molecule has 0 fully saturated rings. The van der Waals surface area contributed by atoms with Crippen molar-refractivity contribution in [1.29, 1.82) is 0 Å². The Labute approximate surface area is 102 Å². The number of nitrogens with zero attached hydrogens (tertiary/aromatic N) is 1. The van der Waals surface area contributed by atoms with Gasteiger partial charge in [0.25, 0.3) is 0 Å². The number of benzene rings is 1. The Hall–Kier alpha value is -1.56. The van der Waals surface area contributed by atoms with Crippen molar-refractivity contribution < 1.29 is 8.78 Å². The van der Waals surface area contributed by atoms with Crippen LogP contribution in [0.5, 0.6) is 0 Å². The second-order valence-electron chi connectivity index (χ2n) is 3.72. The summed E-state index contributed by atoms with van der Waals surface area (Å²) in [4.78, 5) is 4.04. The molecule has 0 aliphatic rings. The second-order valence-corrected chi connectivity index (χ2v) is 4.10. The minimum absolute atomic E-state index is 0.424. The Bertz CT molecular complexity index is 562. The molecule has 0 unspecified atom stereocenters. The van der Waals surface area contributed by atoms with Gasteiger partial charge in [-0.1, -0.05) is 6.07 Å². The number of hydrogen-bond donors (Lipinski definition) is 2. The first-order chi connectivity index (χ1) is 8.15. The van der Waals surface area contributed by atoms with E-state index in [1.165, 1.54) is 6.07 Å². The molecule has 2 aromatic rings. The molecule has 0 saturated carbocycles. The number of nitrogens with one attached hydrogen (secondary N) is 2. The summed E-state index contributed by atoms with van der Waals surface area (Å²) in [5, 5.41) is 5.54. The van der Waals surface area contributed by atoms with Crippen LogP contribution in [0.1, 0.15) is 17.8 Å². The zero-order chi connectivity index (χ0) is 12.3. The fraction of sp³-hybridized carbons (Fsp3) is 0.273.